The van der Waals surface area contributed by atoms with E-state index in [-0.39, 0.29) is 12.2 Å². The van der Waals surface area contributed by atoms with Gasteiger partial charge in [0.2, 0.25) is 0 Å². The number of aliphatic imine (C=N–C) groups is 2. The molecule has 3 aromatic carbocycles. The lowest BCUT2D eigenvalue weighted by Gasteiger charge is -2.16. The van der Waals surface area contributed by atoms with Crippen LogP contribution < -0.4 is 10.4 Å². The molecule has 2 aliphatic carbocycles. The van der Waals surface area contributed by atoms with Crippen LogP contribution in [0.15, 0.2) is 64.6 Å². The Bertz CT molecular complexity index is 1780. The topological polar surface area (TPSA) is 122 Å². The minimum Gasteiger partial charge on any atom is -0.279 e. The Balaban J connectivity index is 0.000000148. The molecule has 0 saturated heterocycles. The van der Waals surface area contributed by atoms with E-state index in [1.807, 2.05) is 0 Å². The molecule has 0 amide bonds. The number of nitrogens with zero attached hydrogens (tertiary/aromatic N) is 3. The Morgan fingerprint density at radius 2 is 1.78 bits per heavy atom. The lowest BCUT2D eigenvalue weighted by Crippen LogP contribution is -2.19. The Morgan fingerprint density at radius 1 is 0.944 bits per heavy atom. The van der Waals surface area contributed by atoms with Gasteiger partial charge in [-0.05, 0) is 69.3 Å². The third kappa shape index (κ3) is 4.75. The molecule has 36 heavy (non-hydrogen) atoms. The molecule has 6 rings (SSSR count). The lowest BCUT2D eigenvalue weighted by molar-refractivity contribution is -0.384. The highest BCUT2D eigenvalue weighted by Gasteiger charge is 2.18. The number of hydrogen-bond donors (Lipinski definition) is 1. The number of benzene rings is 3. The first-order valence-corrected chi connectivity index (χ1v) is 13.0. The normalized spacial score (nSPS) is 15.2. The minimum absolute atomic E-state index is 0.0253. The summed E-state index contributed by atoms with van der Waals surface area (Å²) in [7, 11) is -4.48. The molecule has 0 atom stereocenters. The average molecular weight is 502 g/mol. The van der Waals surface area contributed by atoms with E-state index in [0.29, 0.717) is 11.1 Å². The number of nitro benzene ring substituents is 1. The maximum Gasteiger partial charge on any atom is 0.330 e. The van der Waals surface area contributed by atoms with E-state index in [2.05, 4.69) is 58.5 Å². The Labute approximate surface area is 207 Å². The molecule has 0 aromatic heterocycles. The highest BCUT2D eigenvalue weighted by Crippen LogP contribution is 2.20. The second-order valence-electron chi connectivity index (χ2n) is 8.72. The van der Waals surface area contributed by atoms with Gasteiger partial charge in [-0.3, -0.25) is 14.7 Å². The number of amidine groups is 1. The highest BCUT2D eigenvalue weighted by atomic mass is 32.2. The molecule has 0 spiro atoms. The van der Waals surface area contributed by atoms with Gasteiger partial charge < -0.3 is 0 Å². The van der Waals surface area contributed by atoms with E-state index in [1.165, 1.54) is 58.3 Å². The van der Waals surface area contributed by atoms with Crippen molar-refractivity contribution in [1.82, 2.24) is 0 Å². The predicted octanol–water partition coefficient (Wildman–Crippen LogP) is 3.20. The van der Waals surface area contributed by atoms with Gasteiger partial charge in [0.25, 0.3) is 10.9 Å². The summed E-state index contributed by atoms with van der Waals surface area (Å²) in [5, 5.41) is 15.6. The van der Waals surface area contributed by atoms with Gasteiger partial charge >= 0.3 is 10.1 Å². The van der Waals surface area contributed by atoms with Crippen molar-refractivity contribution < 1.29 is 17.9 Å². The summed E-state index contributed by atoms with van der Waals surface area (Å²) in [6.45, 7) is -0.0253. The van der Waals surface area contributed by atoms with Crippen molar-refractivity contribution in [3.05, 3.63) is 108 Å². The van der Waals surface area contributed by atoms with Crippen molar-refractivity contribution in [2.75, 3.05) is 0 Å². The predicted molar refractivity (Wildman–Crippen MR) is 139 cm³/mol. The van der Waals surface area contributed by atoms with Gasteiger partial charge in [0.05, 0.1) is 11.5 Å². The van der Waals surface area contributed by atoms with Crippen LogP contribution in [-0.2, 0) is 29.5 Å². The summed E-state index contributed by atoms with van der Waals surface area (Å²) in [5.74, 6) is 0. The molecule has 0 radical (unpaired) electrons. The molecule has 3 aliphatic rings. The standard InChI is InChI=1S/C18H16.C9H7N3O5S/c1-3-7-15-13(5-1)9-11-18-16-8-4-2-6-14(16)10-12-17(15)18;13-12(14)8-2-1-6-4-10-9(18(15,16)17)11-5-7(6)3-8/h1,3,5-7,9-10,12H,2,4,8,11H2;1-3,5H,4H2,(H,15,16,17). The molecular weight excluding hydrogens is 478 g/mol. The second kappa shape index (κ2) is 9.60. The average Bonchev–Trinajstić information content (AvgIpc) is 3.11. The number of nitro groups is 1. The van der Waals surface area contributed by atoms with E-state index in [0.717, 1.165) is 12.6 Å². The minimum atomic E-state index is -4.48. The maximum absolute atomic E-state index is 10.9. The van der Waals surface area contributed by atoms with Crippen molar-refractivity contribution >= 4 is 39.3 Å². The molecule has 0 fully saturated rings. The van der Waals surface area contributed by atoms with E-state index < -0.39 is 20.2 Å². The summed E-state index contributed by atoms with van der Waals surface area (Å²) in [4.78, 5) is 17.1. The van der Waals surface area contributed by atoms with Gasteiger partial charge in [0, 0.05) is 23.9 Å². The molecule has 1 aliphatic heterocycles. The van der Waals surface area contributed by atoms with Gasteiger partial charge in [-0.15, -0.1) is 0 Å². The molecular formula is C27H23N3O5S. The lowest BCUT2D eigenvalue weighted by atomic mass is 9.89. The van der Waals surface area contributed by atoms with Crippen molar-refractivity contribution in [3.8, 4) is 0 Å². The van der Waals surface area contributed by atoms with Crippen LogP contribution in [0.5, 0.6) is 0 Å². The van der Waals surface area contributed by atoms with E-state index in [4.69, 9.17) is 4.55 Å². The first-order valence-electron chi connectivity index (χ1n) is 11.5. The van der Waals surface area contributed by atoms with Crippen molar-refractivity contribution in [2.24, 2.45) is 9.98 Å². The third-order valence-corrected chi connectivity index (χ3v) is 7.21. The highest BCUT2D eigenvalue weighted by molar-refractivity contribution is 8.01. The fraction of sp³-hybridized carbons (Fsp3) is 0.185. The quantitative estimate of drug-likeness (QED) is 0.312. The van der Waals surface area contributed by atoms with E-state index >= 15 is 0 Å². The molecule has 0 unspecified atom stereocenters. The summed E-state index contributed by atoms with van der Waals surface area (Å²) in [5.41, 5.74) is 4.02. The zero-order valence-electron chi connectivity index (χ0n) is 19.3. The van der Waals surface area contributed by atoms with Gasteiger partial charge in [0.15, 0.2) is 0 Å². The van der Waals surface area contributed by atoms with Crippen LogP contribution in [0, 0.1) is 20.6 Å². The van der Waals surface area contributed by atoms with Crippen LogP contribution in [0.2, 0.25) is 0 Å². The Kier molecular flexibility index (Phi) is 6.34. The van der Waals surface area contributed by atoms with Gasteiger partial charge in [-0.2, -0.15) is 8.42 Å². The second-order valence-corrected chi connectivity index (χ2v) is 10.0. The molecule has 0 bridgehead atoms. The first-order chi connectivity index (χ1) is 17.3. The Hall–Kier alpha value is -3.95. The van der Waals surface area contributed by atoms with Crippen molar-refractivity contribution in [2.45, 2.75) is 32.2 Å². The van der Waals surface area contributed by atoms with Crippen LogP contribution in [0.3, 0.4) is 0 Å². The van der Waals surface area contributed by atoms with Crippen LogP contribution >= 0.6 is 0 Å². The maximum atomic E-state index is 10.9. The molecule has 9 heteroatoms. The summed E-state index contributed by atoms with van der Waals surface area (Å²) >= 11 is 0. The smallest absolute Gasteiger partial charge is 0.279 e. The van der Waals surface area contributed by atoms with Crippen molar-refractivity contribution in [1.29, 1.82) is 0 Å². The van der Waals surface area contributed by atoms with Crippen LogP contribution in [0.4, 0.5) is 5.69 Å². The van der Waals surface area contributed by atoms with Gasteiger partial charge in [0.1, 0.15) is 0 Å². The van der Waals surface area contributed by atoms with Crippen LogP contribution in [0.25, 0.3) is 12.2 Å². The Morgan fingerprint density at radius 3 is 2.58 bits per heavy atom. The fourth-order valence-electron chi connectivity index (χ4n) is 4.78. The molecule has 1 N–H and O–H groups in total. The van der Waals surface area contributed by atoms with Crippen LogP contribution in [0.1, 0.15) is 35.1 Å². The van der Waals surface area contributed by atoms with E-state index in [1.54, 1.807) is 11.1 Å². The zero-order valence-corrected chi connectivity index (χ0v) is 20.1. The van der Waals surface area contributed by atoms with Gasteiger partial charge in [-0.25, -0.2) is 9.98 Å². The largest absolute Gasteiger partial charge is 0.330 e. The third-order valence-electron chi connectivity index (χ3n) is 6.51. The molecule has 8 nitrogen and oxygen atoms in total. The number of hydrogen-bond acceptors (Lipinski definition) is 6. The molecule has 3 aromatic rings. The summed E-state index contributed by atoms with van der Waals surface area (Å²) < 4.78 is 30.5. The molecule has 1 heterocycles. The van der Waals surface area contributed by atoms with Gasteiger partial charge in [-0.1, -0.05) is 48.6 Å². The zero-order chi connectivity index (χ0) is 25.3. The molecule has 0 saturated carbocycles. The number of non-ortho nitro benzene ring substituents is 1. The monoisotopic (exact) mass is 501 g/mol. The fourth-order valence-corrected chi connectivity index (χ4v) is 5.19. The molecule has 182 valence electrons. The van der Waals surface area contributed by atoms with Crippen molar-refractivity contribution in [3.63, 3.8) is 0 Å². The van der Waals surface area contributed by atoms with Crippen LogP contribution in [-0.4, -0.2) is 29.3 Å². The number of rotatable bonds is 1. The summed E-state index contributed by atoms with van der Waals surface area (Å²) in [6, 6.07) is 17.4. The first kappa shape index (κ1) is 23.8. The number of fused-ring (bicyclic) bond motifs is 5. The van der Waals surface area contributed by atoms with E-state index in [9.17, 15) is 18.5 Å². The summed E-state index contributed by atoms with van der Waals surface area (Å²) in [6.07, 6.45) is 10.8. The SMILES string of the molecule is C1=c2ccc3c(c2CCC1)CC=c1ccccc1=3.O=[N+]([O-])c1ccc2c(c1)C=NC(S(=O)(=O)O)=NC2.